The Morgan fingerprint density at radius 2 is 2.18 bits per heavy atom. The van der Waals surface area contributed by atoms with Crippen molar-refractivity contribution in [2.45, 2.75) is 6.92 Å². The van der Waals surface area contributed by atoms with Crippen molar-refractivity contribution in [2.75, 3.05) is 30.7 Å². The van der Waals surface area contributed by atoms with Gasteiger partial charge in [-0.05, 0) is 20.0 Å². The van der Waals surface area contributed by atoms with E-state index in [1.165, 1.54) is 6.20 Å². The number of ether oxygens (including phenoxy) is 1. The highest BCUT2D eigenvalue weighted by atomic mass is 32.2. The molecule has 0 saturated carbocycles. The number of hydrogen-bond acceptors (Lipinski definition) is 5. The molecule has 1 rings (SSSR count). The summed E-state index contributed by atoms with van der Waals surface area (Å²) in [5.74, 6) is 0.502. The molecule has 0 fully saturated rings. The van der Waals surface area contributed by atoms with E-state index in [4.69, 9.17) is 4.74 Å². The molecule has 6 nitrogen and oxygen atoms in total. The van der Waals surface area contributed by atoms with Crippen molar-refractivity contribution in [1.82, 2.24) is 10.3 Å². The fourth-order valence-electron chi connectivity index (χ4n) is 1.14. The average Bonchev–Trinajstić information content (AvgIpc) is 2.29. The molecule has 0 atom stereocenters. The second kappa shape index (κ2) is 6.41. The van der Waals surface area contributed by atoms with Crippen LogP contribution in [0.2, 0.25) is 0 Å². The van der Waals surface area contributed by atoms with E-state index in [1.807, 2.05) is 6.92 Å². The molecule has 0 bridgehead atoms. The standard InChI is InChI=1S/C10H17N3O3S/c1-3-16-10-5-4-9(8-12-10)13-17(14,15)7-6-11-2/h4-5,8,11,13H,3,6-7H2,1-2H3. The number of nitrogens with one attached hydrogen (secondary N) is 2. The van der Waals surface area contributed by atoms with Gasteiger partial charge in [-0.2, -0.15) is 0 Å². The van der Waals surface area contributed by atoms with Crippen molar-refractivity contribution in [3.05, 3.63) is 18.3 Å². The van der Waals surface area contributed by atoms with E-state index in [1.54, 1.807) is 19.2 Å². The van der Waals surface area contributed by atoms with E-state index in [0.717, 1.165) is 0 Å². The maximum absolute atomic E-state index is 11.6. The zero-order valence-electron chi connectivity index (χ0n) is 9.93. The van der Waals surface area contributed by atoms with Crippen LogP contribution in [0.1, 0.15) is 6.92 Å². The molecule has 96 valence electrons. The lowest BCUT2D eigenvalue weighted by Gasteiger charge is -2.08. The first-order chi connectivity index (χ1) is 8.07. The maximum Gasteiger partial charge on any atom is 0.234 e. The maximum atomic E-state index is 11.6. The van der Waals surface area contributed by atoms with Crippen LogP contribution in [0.4, 0.5) is 5.69 Å². The quantitative estimate of drug-likeness (QED) is 0.742. The van der Waals surface area contributed by atoms with Gasteiger partial charge in [0.1, 0.15) is 0 Å². The molecule has 0 saturated heterocycles. The topological polar surface area (TPSA) is 80.3 Å². The van der Waals surface area contributed by atoms with E-state index in [9.17, 15) is 8.42 Å². The molecule has 2 N–H and O–H groups in total. The van der Waals surface area contributed by atoms with Gasteiger partial charge in [-0.3, -0.25) is 4.72 Å². The highest BCUT2D eigenvalue weighted by molar-refractivity contribution is 7.92. The van der Waals surface area contributed by atoms with Crippen molar-refractivity contribution >= 4 is 15.7 Å². The van der Waals surface area contributed by atoms with Crippen LogP contribution >= 0.6 is 0 Å². The summed E-state index contributed by atoms with van der Waals surface area (Å²) in [4.78, 5) is 3.97. The van der Waals surface area contributed by atoms with Gasteiger partial charge in [0.05, 0.1) is 24.2 Å². The molecule has 0 amide bonds. The predicted octanol–water partition coefficient (Wildman–Crippen LogP) is 0.441. The van der Waals surface area contributed by atoms with Crippen LogP contribution in [0.15, 0.2) is 18.3 Å². The molecule has 0 aromatic carbocycles. The molecule has 1 aromatic rings. The summed E-state index contributed by atoms with van der Waals surface area (Å²) in [5, 5.41) is 2.78. The third-order valence-electron chi connectivity index (χ3n) is 1.92. The van der Waals surface area contributed by atoms with Gasteiger partial charge in [-0.1, -0.05) is 0 Å². The fourth-order valence-corrected chi connectivity index (χ4v) is 2.20. The zero-order chi connectivity index (χ0) is 12.7. The van der Waals surface area contributed by atoms with E-state index < -0.39 is 10.0 Å². The Morgan fingerprint density at radius 1 is 1.41 bits per heavy atom. The Labute approximate surface area is 101 Å². The minimum absolute atomic E-state index is 0.0245. The molecule has 17 heavy (non-hydrogen) atoms. The van der Waals surface area contributed by atoms with Crippen molar-refractivity contribution in [3.63, 3.8) is 0 Å². The van der Waals surface area contributed by atoms with Crippen LogP contribution in [0.5, 0.6) is 5.88 Å². The molecule has 0 radical (unpaired) electrons. The third-order valence-corrected chi connectivity index (χ3v) is 3.21. The normalized spacial score (nSPS) is 11.2. The Balaban J connectivity index is 2.62. The van der Waals surface area contributed by atoms with Crippen LogP contribution < -0.4 is 14.8 Å². The molecule has 1 aromatic heterocycles. The van der Waals surface area contributed by atoms with Gasteiger partial charge < -0.3 is 10.1 Å². The highest BCUT2D eigenvalue weighted by Gasteiger charge is 2.09. The summed E-state index contributed by atoms with van der Waals surface area (Å²) in [5.41, 5.74) is 0.435. The summed E-state index contributed by atoms with van der Waals surface area (Å²) in [6, 6.07) is 3.24. The van der Waals surface area contributed by atoms with Gasteiger partial charge in [0.25, 0.3) is 0 Å². The summed E-state index contributed by atoms with van der Waals surface area (Å²) in [6.45, 7) is 2.79. The Morgan fingerprint density at radius 3 is 2.71 bits per heavy atom. The van der Waals surface area contributed by atoms with Gasteiger partial charge >= 0.3 is 0 Å². The first-order valence-corrected chi connectivity index (χ1v) is 6.96. The summed E-state index contributed by atoms with van der Waals surface area (Å²) in [7, 11) is -1.61. The van der Waals surface area contributed by atoms with Crippen LogP contribution in [-0.2, 0) is 10.0 Å². The minimum Gasteiger partial charge on any atom is -0.478 e. The van der Waals surface area contributed by atoms with Crippen molar-refractivity contribution in [2.24, 2.45) is 0 Å². The van der Waals surface area contributed by atoms with Crippen molar-refractivity contribution < 1.29 is 13.2 Å². The van der Waals surface area contributed by atoms with Gasteiger partial charge in [0, 0.05) is 12.6 Å². The average molecular weight is 259 g/mol. The van der Waals surface area contributed by atoms with E-state index >= 15 is 0 Å². The van der Waals surface area contributed by atoms with E-state index in [2.05, 4.69) is 15.0 Å². The second-order valence-corrected chi connectivity index (χ2v) is 5.18. The van der Waals surface area contributed by atoms with Gasteiger partial charge in [0.15, 0.2) is 0 Å². The number of nitrogens with zero attached hydrogens (tertiary/aromatic N) is 1. The number of aromatic nitrogens is 1. The molecule has 0 unspecified atom stereocenters. The van der Waals surface area contributed by atoms with Crippen LogP contribution in [0.3, 0.4) is 0 Å². The molecule has 1 heterocycles. The monoisotopic (exact) mass is 259 g/mol. The first-order valence-electron chi connectivity index (χ1n) is 5.31. The molecular weight excluding hydrogens is 242 g/mol. The van der Waals surface area contributed by atoms with Gasteiger partial charge in [0.2, 0.25) is 15.9 Å². The lowest BCUT2D eigenvalue weighted by molar-refractivity contribution is 0.327. The Kier molecular flexibility index (Phi) is 5.17. The number of pyridine rings is 1. The number of sulfonamides is 1. The van der Waals surface area contributed by atoms with Crippen LogP contribution in [0.25, 0.3) is 0 Å². The van der Waals surface area contributed by atoms with Gasteiger partial charge in [-0.25, -0.2) is 13.4 Å². The summed E-state index contributed by atoms with van der Waals surface area (Å²) < 4.78 is 30.7. The van der Waals surface area contributed by atoms with Gasteiger partial charge in [-0.15, -0.1) is 0 Å². The lowest BCUT2D eigenvalue weighted by atomic mass is 10.4. The number of rotatable bonds is 7. The molecular formula is C10H17N3O3S. The smallest absolute Gasteiger partial charge is 0.234 e. The van der Waals surface area contributed by atoms with E-state index in [0.29, 0.717) is 24.7 Å². The predicted molar refractivity (Wildman–Crippen MR) is 66.7 cm³/mol. The zero-order valence-corrected chi connectivity index (χ0v) is 10.8. The molecule has 0 aliphatic carbocycles. The Hall–Kier alpha value is -1.34. The minimum atomic E-state index is -3.32. The van der Waals surface area contributed by atoms with Crippen LogP contribution in [-0.4, -0.2) is 39.4 Å². The molecule has 0 aliphatic rings. The fraction of sp³-hybridized carbons (Fsp3) is 0.500. The summed E-state index contributed by atoms with van der Waals surface area (Å²) in [6.07, 6.45) is 1.43. The first kappa shape index (κ1) is 13.7. The molecule has 0 aliphatic heterocycles. The van der Waals surface area contributed by atoms with Crippen LogP contribution in [0, 0.1) is 0 Å². The van der Waals surface area contributed by atoms with E-state index in [-0.39, 0.29) is 5.75 Å². The Bertz CT molecular complexity index is 431. The SMILES string of the molecule is CCOc1ccc(NS(=O)(=O)CCNC)cn1. The second-order valence-electron chi connectivity index (χ2n) is 3.34. The van der Waals surface area contributed by atoms with Crippen molar-refractivity contribution in [3.8, 4) is 5.88 Å². The lowest BCUT2D eigenvalue weighted by Crippen LogP contribution is -2.24. The number of anilines is 1. The highest BCUT2D eigenvalue weighted by Crippen LogP contribution is 2.12. The summed E-state index contributed by atoms with van der Waals surface area (Å²) >= 11 is 0. The third kappa shape index (κ3) is 5.01. The number of hydrogen-bond donors (Lipinski definition) is 2. The molecule has 0 spiro atoms. The van der Waals surface area contributed by atoms with Crippen molar-refractivity contribution in [1.29, 1.82) is 0 Å². The molecule has 7 heteroatoms. The largest absolute Gasteiger partial charge is 0.478 e.